The van der Waals surface area contributed by atoms with Crippen LogP contribution in [0.1, 0.15) is 51.1 Å². The number of benzene rings is 3. The van der Waals surface area contributed by atoms with Crippen LogP contribution in [0.15, 0.2) is 90.3 Å². The van der Waals surface area contributed by atoms with E-state index in [-0.39, 0.29) is 28.0 Å². The first-order valence-electron chi connectivity index (χ1n) is 11.3. The number of hydrazine groups is 1. The van der Waals surface area contributed by atoms with E-state index in [2.05, 4.69) is 0 Å². The number of amides is 3. The number of carbonyl (C=O) groups is 5. The lowest BCUT2D eigenvalue weighted by molar-refractivity contribution is 0.00531. The minimum absolute atomic E-state index is 0.134. The molecule has 5 rings (SSSR count). The highest BCUT2D eigenvalue weighted by atomic mass is 35.5. The molecule has 0 aliphatic carbocycles. The molecule has 1 aromatic heterocycles. The average Bonchev–Trinajstić information content (AvgIpc) is 3.56. The Kier molecular flexibility index (Phi) is 6.87. The van der Waals surface area contributed by atoms with Crippen molar-refractivity contribution in [2.24, 2.45) is 0 Å². The van der Waals surface area contributed by atoms with Gasteiger partial charge in [-0.1, -0.05) is 29.8 Å². The van der Waals surface area contributed by atoms with Crippen molar-refractivity contribution in [2.75, 3.05) is 6.54 Å². The smallest absolute Gasteiger partial charge is 0.353 e. The molecule has 1 aliphatic heterocycles. The molecule has 3 aromatic carbocycles. The van der Waals surface area contributed by atoms with Gasteiger partial charge in [-0.05, 0) is 72.1 Å². The summed E-state index contributed by atoms with van der Waals surface area (Å²) >= 11 is 7.18. The van der Waals surface area contributed by atoms with Crippen LogP contribution in [0.3, 0.4) is 0 Å². The van der Waals surface area contributed by atoms with E-state index in [0.717, 1.165) is 5.01 Å². The van der Waals surface area contributed by atoms with Gasteiger partial charge in [-0.25, -0.2) is 9.80 Å². The fraction of sp³-hybridized carbons (Fsp3) is 0.0357. The van der Waals surface area contributed by atoms with E-state index in [1.165, 1.54) is 72.0 Å². The number of ketones is 1. The van der Waals surface area contributed by atoms with Gasteiger partial charge >= 0.3 is 5.97 Å². The van der Waals surface area contributed by atoms with Crippen LogP contribution >= 0.6 is 22.9 Å². The maximum atomic E-state index is 13.5. The van der Waals surface area contributed by atoms with Crippen molar-refractivity contribution in [1.82, 2.24) is 10.0 Å². The molecule has 2 heterocycles. The second-order valence-electron chi connectivity index (χ2n) is 8.15. The summed E-state index contributed by atoms with van der Waals surface area (Å²) in [5.41, 5.74) is 0.590. The Morgan fingerprint density at radius 3 is 1.97 bits per heavy atom. The largest absolute Gasteiger partial charge is 0.422 e. The van der Waals surface area contributed by atoms with E-state index < -0.39 is 36.0 Å². The topological polar surface area (TPSA) is 101 Å². The number of esters is 1. The summed E-state index contributed by atoms with van der Waals surface area (Å²) < 4.78 is 5.31. The van der Waals surface area contributed by atoms with E-state index in [0.29, 0.717) is 14.9 Å². The van der Waals surface area contributed by atoms with Gasteiger partial charge in [-0.3, -0.25) is 19.2 Å². The second-order valence-corrected chi connectivity index (χ2v) is 9.54. The van der Waals surface area contributed by atoms with Crippen LogP contribution < -0.4 is 4.74 Å². The van der Waals surface area contributed by atoms with Crippen molar-refractivity contribution >= 4 is 52.4 Å². The maximum absolute atomic E-state index is 13.5. The van der Waals surface area contributed by atoms with Gasteiger partial charge in [0.05, 0.1) is 11.1 Å². The van der Waals surface area contributed by atoms with E-state index in [9.17, 15) is 24.0 Å². The number of ether oxygens (including phenoxy) is 1. The zero-order valence-corrected chi connectivity index (χ0v) is 21.1. The van der Waals surface area contributed by atoms with Gasteiger partial charge in [-0.2, -0.15) is 5.01 Å². The Hall–Kier alpha value is -4.60. The molecule has 0 spiro atoms. The number of imide groups is 1. The molecule has 38 heavy (non-hydrogen) atoms. The number of hydrogen-bond acceptors (Lipinski definition) is 7. The number of fused-ring (bicyclic) bond motifs is 1. The molecule has 188 valence electrons. The van der Waals surface area contributed by atoms with Gasteiger partial charge < -0.3 is 4.74 Å². The second kappa shape index (κ2) is 10.4. The van der Waals surface area contributed by atoms with Gasteiger partial charge in [0.15, 0.2) is 5.78 Å². The Labute approximate surface area is 225 Å². The Morgan fingerprint density at radius 2 is 1.39 bits per heavy atom. The summed E-state index contributed by atoms with van der Waals surface area (Å²) in [5.74, 6) is -2.99. The molecule has 8 nitrogen and oxygen atoms in total. The molecule has 0 fully saturated rings. The molecule has 0 atom stereocenters. The number of carbonyl (C=O) groups excluding carboxylic acids is 5. The molecule has 1 aliphatic rings. The number of thiophene rings is 1. The quantitative estimate of drug-likeness (QED) is 0.138. The van der Waals surface area contributed by atoms with Gasteiger partial charge in [0, 0.05) is 16.1 Å². The fourth-order valence-corrected chi connectivity index (χ4v) is 4.58. The first kappa shape index (κ1) is 25.1. The minimum atomic E-state index is -0.731. The summed E-state index contributed by atoms with van der Waals surface area (Å²) in [7, 11) is 0. The molecule has 0 bridgehead atoms. The Balaban J connectivity index is 1.40. The number of rotatable bonds is 7. The standard InChI is InChI=1S/C28H17ClN2O6S/c29-19-11-7-18(8-12-19)25(33)30(31-26(34)21-4-1-2-5-22(21)27(31)35)16-23(32)17-9-13-20(14-10-17)37-28(36)24-6-3-15-38-24/h1-15H,16H2. The van der Waals surface area contributed by atoms with E-state index >= 15 is 0 Å². The van der Waals surface area contributed by atoms with Crippen molar-refractivity contribution < 1.29 is 28.7 Å². The highest BCUT2D eigenvalue weighted by Gasteiger charge is 2.42. The predicted octanol–water partition coefficient (Wildman–Crippen LogP) is 5.16. The van der Waals surface area contributed by atoms with E-state index in [4.69, 9.17) is 16.3 Å². The Morgan fingerprint density at radius 1 is 0.789 bits per heavy atom. The first-order valence-corrected chi connectivity index (χ1v) is 12.5. The highest BCUT2D eigenvalue weighted by Crippen LogP contribution is 2.26. The van der Waals surface area contributed by atoms with Crippen LogP contribution in [-0.2, 0) is 0 Å². The summed E-state index contributed by atoms with van der Waals surface area (Å²) in [6.45, 7) is -0.596. The number of Topliss-reactive ketones (excluding diaryl/α,β-unsaturated/α-hetero) is 1. The molecular weight excluding hydrogens is 528 g/mol. The molecule has 4 aromatic rings. The van der Waals surface area contributed by atoms with Crippen molar-refractivity contribution in [3.63, 3.8) is 0 Å². The molecule has 0 saturated heterocycles. The van der Waals surface area contributed by atoms with Gasteiger partial charge in [0.2, 0.25) is 0 Å². The molecule has 0 saturated carbocycles. The molecular formula is C28H17ClN2O6S. The van der Waals surface area contributed by atoms with Crippen molar-refractivity contribution in [2.45, 2.75) is 0 Å². The first-order chi connectivity index (χ1) is 18.3. The van der Waals surface area contributed by atoms with Crippen LogP contribution in [-0.4, -0.2) is 46.0 Å². The third-order valence-corrected chi connectivity index (χ3v) is 6.84. The fourth-order valence-electron chi connectivity index (χ4n) is 3.86. The molecule has 10 heteroatoms. The van der Waals surface area contributed by atoms with E-state index in [1.54, 1.807) is 29.6 Å². The predicted molar refractivity (Wildman–Crippen MR) is 139 cm³/mol. The van der Waals surface area contributed by atoms with Gasteiger partial charge in [0.25, 0.3) is 17.7 Å². The molecule has 3 amide bonds. The number of halogens is 1. The average molecular weight is 545 g/mol. The molecule has 0 N–H and O–H groups in total. The number of nitrogens with zero attached hydrogens (tertiary/aromatic N) is 2. The summed E-state index contributed by atoms with van der Waals surface area (Å²) in [6.07, 6.45) is 0. The third kappa shape index (κ3) is 4.84. The lowest BCUT2D eigenvalue weighted by Crippen LogP contribution is -2.51. The number of hydrogen-bond donors (Lipinski definition) is 0. The van der Waals surface area contributed by atoms with Gasteiger partial charge in [0.1, 0.15) is 17.2 Å². The zero-order chi connectivity index (χ0) is 26.8. The van der Waals surface area contributed by atoms with Crippen LogP contribution in [0, 0.1) is 0 Å². The lowest BCUT2D eigenvalue weighted by Gasteiger charge is -2.29. The summed E-state index contributed by atoms with van der Waals surface area (Å²) in [4.78, 5) is 65.6. The van der Waals surface area contributed by atoms with Crippen molar-refractivity contribution in [3.8, 4) is 5.75 Å². The molecule has 0 radical (unpaired) electrons. The van der Waals surface area contributed by atoms with Crippen molar-refractivity contribution in [3.05, 3.63) is 122 Å². The van der Waals surface area contributed by atoms with E-state index in [1.807, 2.05) is 0 Å². The monoisotopic (exact) mass is 544 g/mol. The highest BCUT2D eigenvalue weighted by molar-refractivity contribution is 7.12. The van der Waals surface area contributed by atoms with Gasteiger partial charge in [-0.15, -0.1) is 11.3 Å². The summed E-state index contributed by atoms with van der Waals surface area (Å²) in [6, 6.07) is 21.2. The van der Waals surface area contributed by atoms with Crippen LogP contribution in [0.25, 0.3) is 0 Å². The van der Waals surface area contributed by atoms with Crippen molar-refractivity contribution in [1.29, 1.82) is 0 Å². The zero-order valence-electron chi connectivity index (χ0n) is 19.5. The minimum Gasteiger partial charge on any atom is -0.422 e. The van der Waals surface area contributed by atoms with Crippen LogP contribution in [0.5, 0.6) is 5.75 Å². The van der Waals surface area contributed by atoms with Crippen LogP contribution in [0.2, 0.25) is 5.02 Å². The SMILES string of the molecule is O=C(CN(C(=O)c1ccc(Cl)cc1)N1C(=O)c2ccccc2C1=O)c1ccc(OC(=O)c2cccs2)cc1. The lowest BCUT2D eigenvalue weighted by atomic mass is 10.1. The maximum Gasteiger partial charge on any atom is 0.353 e. The molecule has 0 unspecified atom stereocenters. The Bertz CT molecular complexity index is 1530. The third-order valence-electron chi connectivity index (χ3n) is 5.74. The van der Waals surface area contributed by atoms with Crippen LogP contribution in [0.4, 0.5) is 0 Å². The normalized spacial score (nSPS) is 12.3. The summed E-state index contributed by atoms with van der Waals surface area (Å²) in [5, 5.41) is 3.67.